The molecule has 0 aliphatic rings. The summed E-state index contributed by atoms with van der Waals surface area (Å²) in [6, 6.07) is 4.53. The number of carbonyl (C=O) groups excluding carboxylic acids is 3. The van der Waals surface area contributed by atoms with Gasteiger partial charge in [-0.2, -0.15) is 0 Å². The van der Waals surface area contributed by atoms with Gasteiger partial charge in [-0.25, -0.2) is 9.59 Å². The average molecular weight is 435 g/mol. The van der Waals surface area contributed by atoms with Crippen LogP contribution in [0.15, 0.2) is 18.2 Å². The van der Waals surface area contributed by atoms with Crippen molar-refractivity contribution in [2.45, 2.75) is 72.3 Å². The number of ether oxygens (including phenoxy) is 1. The minimum absolute atomic E-state index is 0.189. The second kappa shape index (κ2) is 14.3. The molecule has 1 aromatic rings. The number of nitrogens with one attached hydrogen (secondary N) is 4. The molecule has 4 N–H and O–H groups in total. The highest BCUT2D eigenvalue weighted by atomic mass is 16.5. The fourth-order valence-electron chi connectivity index (χ4n) is 3.14. The number of urea groups is 2. The highest BCUT2D eigenvalue weighted by molar-refractivity contribution is 5.94. The standard InChI is InChI=1S/C23H38N4O4/c1-6-8-10-18(7-2)15-24-22(29)26-19-11-9-12-20(17(19)4)27-23(30)25-16(3)13-14-21(28)31-5/h9,11-12,16,18H,6-8,10,13-15H2,1-5H3,(H2,24,26,29)(H2,25,27,30). The van der Waals surface area contributed by atoms with E-state index in [1.807, 2.05) is 13.8 Å². The third kappa shape index (κ3) is 10.2. The molecule has 0 saturated carbocycles. The van der Waals surface area contributed by atoms with Crippen molar-refractivity contribution in [2.24, 2.45) is 5.92 Å². The predicted octanol–water partition coefficient (Wildman–Crippen LogP) is 4.80. The van der Waals surface area contributed by atoms with Crippen molar-refractivity contribution >= 4 is 29.4 Å². The van der Waals surface area contributed by atoms with E-state index in [1.165, 1.54) is 7.11 Å². The molecule has 0 aliphatic carbocycles. The molecule has 1 aromatic carbocycles. The topological polar surface area (TPSA) is 109 Å². The van der Waals surface area contributed by atoms with Gasteiger partial charge in [0.15, 0.2) is 0 Å². The summed E-state index contributed by atoms with van der Waals surface area (Å²) >= 11 is 0. The van der Waals surface area contributed by atoms with Crippen molar-refractivity contribution < 1.29 is 19.1 Å². The number of amides is 4. The highest BCUT2D eigenvalue weighted by Gasteiger charge is 2.13. The second-order valence-electron chi connectivity index (χ2n) is 7.84. The highest BCUT2D eigenvalue weighted by Crippen LogP contribution is 2.23. The van der Waals surface area contributed by atoms with Crippen LogP contribution in [0.25, 0.3) is 0 Å². The largest absolute Gasteiger partial charge is 0.469 e. The summed E-state index contributed by atoms with van der Waals surface area (Å²) in [5.41, 5.74) is 1.99. The molecule has 0 aliphatic heterocycles. The van der Waals surface area contributed by atoms with E-state index in [2.05, 4.69) is 39.9 Å². The van der Waals surface area contributed by atoms with E-state index >= 15 is 0 Å². The Morgan fingerprint density at radius 3 is 2.26 bits per heavy atom. The zero-order valence-electron chi connectivity index (χ0n) is 19.5. The summed E-state index contributed by atoms with van der Waals surface area (Å²) < 4.78 is 4.61. The number of hydrogen-bond donors (Lipinski definition) is 4. The van der Waals surface area contributed by atoms with Crippen molar-refractivity contribution in [2.75, 3.05) is 24.3 Å². The van der Waals surface area contributed by atoms with Crippen LogP contribution in [0, 0.1) is 12.8 Å². The lowest BCUT2D eigenvalue weighted by atomic mass is 9.99. The number of carbonyl (C=O) groups is 3. The van der Waals surface area contributed by atoms with Crippen molar-refractivity contribution in [1.82, 2.24) is 10.6 Å². The van der Waals surface area contributed by atoms with Gasteiger partial charge in [-0.05, 0) is 50.3 Å². The lowest BCUT2D eigenvalue weighted by Gasteiger charge is -2.18. The Morgan fingerprint density at radius 2 is 1.68 bits per heavy atom. The Balaban J connectivity index is 2.59. The zero-order valence-corrected chi connectivity index (χ0v) is 19.5. The van der Waals surface area contributed by atoms with Crippen LogP contribution >= 0.6 is 0 Å². The Labute approximate surface area is 185 Å². The van der Waals surface area contributed by atoms with E-state index < -0.39 is 0 Å². The van der Waals surface area contributed by atoms with Crippen LogP contribution in [0.5, 0.6) is 0 Å². The molecule has 31 heavy (non-hydrogen) atoms. The molecule has 0 spiro atoms. The van der Waals surface area contributed by atoms with Crippen LogP contribution in [0.4, 0.5) is 21.0 Å². The molecule has 0 aromatic heterocycles. The maximum absolute atomic E-state index is 12.3. The van der Waals surface area contributed by atoms with Crippen molar-refractivity contribution in [3.8, 4) is 0 Å². The maximum Gasteiger partial charge on any atom is 0.319 e. The van der Waals surface area contributed by atoms with Crippen molar-refractivity contribution in [1.29, 1.82) is 0 Å². The second-order valence-corrected chi connectivity index (χ2v) is 7.84. The molecular formula is C23H38N4O4. The summed E-state index contributed by atoms with van der Waals surface area (Å²) in [7, 11) is 1.34. The first-order valence-corrected chi connectivity index (χ1v) is 11.1. The number of rotatable bonds is 12. The Morgan fingerprint density at radius 1 is 1.03 bits per heavy atom. The molecule has 0 bridgehead atoms. The summed E-state index contributed by atoms with van der Waals surface area (Å²) in [6.07, 6.45) is 5.18. The number of benzene rings is 1. The maximum atomic E-state index is 12.3. The number of anilines is 2. The number of methoxy groups -OCH3 is 1. The normalized spacial score (nSPS) is 12.4. The van der Waals surface area contributed by atoms with Gasteiger partial charge < -0.3 is 26.0 Å². The van der Waals surface area contributed by atoms with E-state index in [4.69, 9.17) is 0 Å². The zero-order chi connectivity index (χ0) is 23.2. The van der Waals surface area contributed by atoms with E-state index in [0.29, 0.717) is 30.3 Å². The van der Waals surface area contributed by atoms with Gasteiger partial charge in [-0.1, -0.05) is 39.2 Å². The molecule has 0 saturated heterocycles. The summed E-state index contributed by atoms with van der Waals surface area (Å²) in [4.78, 5) is 35.8. The van der Waals surface area contributed by atoms with Gasteiger partial charge in [0, 0.05) is 30.4 Å². The summed E-state index contributed by atoms with van der Waals surface area (Å²) in [6.45, 7) is 8.61. The predicted molar refractivity (Wildman–Crippen MR) is 124 cm³/mol. The average Bonchev–Trinajstić information content (AvgIpc) is 2.74. The fraction of sp³-hybridized carbons (Fsp3) is 0.609. The quantitative estimate of drug-likeness (QED) is 0.354. The van der Waals surface area contributed by atoms with Crippen molar-refractivity contribution in [3.63, 3.8) is 0 Å². The fourth-order valence-corrected chi connectivity index (χ4v) is 3.14. The molecule has 1 rings (SSSR count). The molecular weight excluding hydrogens is 396 g/mol. The van der Waals surface area contributed by atoms with Crippen LogP contribution in [0.1, 0.15) is 64.9 Å². The van der Waals surface area contributed by atoms with Crippen LogP contribution in [-0.2, 0) is 9.53 Å². The Kier molecular flexibility index (Phi) is 12.1. The molecule has 174 valence electrons. The minimum atomic E-state index is -0.372. The lowest BCUT2D eigenvalue weighted by Crippen LogP contribution is -2.36. The van der Waals surface area contributed by atoms with Gasteiger partial charge in [0.2, 0.25) is 0 Å². The monoisotopic (exact) mass is 434 g/mol. The Hall–Kier alpha value is -2.77. The third-order valence-corrected chi connectivity index (χ3v) is 5.31. The first-order valence-electron chi connectivity index (χ1n) is 11.1. The first kappa shape index (κ1) is 26.3. The Bertz CT molecular complexity index is 724. The van der Waals surface area contributed by atoms with E-state index in [-0.39, 0.29) is 30.5 Å². The smallest absolute Gasteiger partial charge is 0.319 e. The third-order valence-electron chi connectivity index (χ3n) is 5.31. The molecule has 0 radical (unpaired) electrons. The van der Waals surface area contributed by atoms with Crippen molar-refractivity contribution in [3.05, 3.63) is 23.8 Å². The number of esters is 1. The van der Waals surface area contributed by atoms with Crippen LogP contribution in [0.3, 0.4) is 0 Å². The summed E-state index contributed by atoms with van der Waals surface area (Å²) in [5.74, 6) is 0.169. The molecule has 8 heteroatoms. The molecule has 8 nitrogen and oxygen atoms in total. The first-order chi connectivity index (χ1) is 14.8. The summed E-state index contributed by atoms with van der Waals surface area (Å²) in [5, 5.41) is 11.4. The lowest BCUT2D eigenvalue weighted by molar-refractivity contribution is -0.140. The van der Waals surface area contributed by atoms with E-state index in [1.54, 1.807) is 18.2 Å². The van der Waals surface area contributed by atoms with Gasteiger partial charge in [0.1, 0.15) is 0 Å². The van der Waals surface area contributed by atoms with Gasteiger partial charge in [0.25, 0.3) is 0 Å². The van der Waals surface area contributed by atoms with Crippen LogP contribution in [0.2, 0.25) is 0 Å². The molecule has 2 atom stereocenters. The van der Waals surface area contributed by atoms with E-state index in [0.717, 1.165) is 31.2 Å². The number of hydrogen-bond acceptors (Lipinski definition) is 4. The van der Waals surface area contributed by atoms with Gasteiger partial charge in [-0.3, -0.25) is 4.79 Å². The van der Waals surface area contributed by atoms with E-state index in [9.17, 15) is 14.4 Å². The minimum Gasteiger partial charge on any atom is -0.469 e. The van der Waals surface area contributed by atoms with Crippen LogP contribution < -0.4 is 21.3 Å². The van der Waals surface area contributed by atoms with Gasteiger partial charge >= 0.3 is 18.0 Å². The molecule has 0 heterocycles. The van der Waals surface area contributed by atoms with Crippen LogP contribution in [-0.4, -0.2) is 37.7 Å². The molecule has 4 amide bonds. The number of unbranched alkanes of at least 4 members (excludes halogenated alkanes) is 1. The van der Waals surface area contributed by atoms with Gasteiger partial charge in [-0.15, -0.1) is 0 Å². The van der Waals surface area contributed by atoms with Gasteiger partial charge in [0.05, 0.1) is 7.11 Å². The SMILES string of the molecule is CCCCC(CC)CNC(=O)Nc1cccc(NC(=O)NC(C)CCC(=O)OC)c1C. The molecule has 2 unspecified atom stereocenters. The molecule has 0 fully saturated rings.